The van der Waals surface area contributed by atoms with Gasteiger partial charge in [-0.1, -0.05) is 268 Å². The lowest BCUT2D eigenvalue weighted by Gasteiger charge is -2.19. The fourth-order valence-electron chi connectivity index (χ4n) is 8.50. The van der Waals surface area contributed by atoms with Crippen molar-refractivity contribution in [2.24, 2.45) is 0 Å². The molecule has 1 amide bonds. The maximum Gasteiger partial charge on any atom is 0.220 e. The topological polar surface area (TPSA) is 69.6 Å². The van der Waals surface area contributed by atoms with E-state index in [4.69, 9.17) is 0 Å². The van der Waals surface area contributed by atoms with Crippen LogP contribution in [0.4, 0.5) is 0 Å². The highest BCUT2D eigenvalue weighted by molar-refractivity contribution is 5.76. The summed E-state index contributed by atoms with van der Waals surface area (Å²) in [6.07, 6.45) is 74.2. The predicted octanol–water partition coefficient (Wildman–Crippen LogP) is 18.3. The van der Waals surface area contributed by atoms with Gasteiger partial charge in [-0.25, -0.2) is 0 Å². The Balaban J connectivity index is 3.52. The number of unbranched alkanes of at least 4 members (excludes halogenated alkanes) is 38. The van der Waals surface area contributed by atoms with Crippen LogP contribution in [0, 0.1) is 0 Å². The Morgan fingerprint density at radius 1 is 0.371 bits per heavy atom. The summed E-state index contributed by atoms with van der Waals surface area (Å²) in [4.78, 5) is 12.5. The maximum absolute atomic E-state index is 12.5. The molecule has 0 fully saturated rings. The molecule has 0 saturated carbocycles. The minimum Gasteiger partial charge on any atom is -0.394 e. The van der Waals surface area contributed by atoms with E-state index >= 15 is 0 Å². The van der Waals surface area contributed by atoms with Gasteiger partial charge in [0.25, 0.3) is 0 Å². The van der Waals surface area contributed by atoms with E-state index in [1.54, 1.807) is 6.08 Å². The fourth-order valence-corrected chi connectivity index (χ4v) is 8.50. The van der Waals surface area contributed by atoms with Crippen molar-refractivity contribution in [1.82, 2.24) is 5.32 Å². The molecule has 0 rings (SSSR count). The average molecular weight is 869 g/mol. The molecule has 2 atom stereocenters. The van der Waals surface area contributed by atoms with Crippen molar-refractivity contribution in [3.63, 3.8) is 0 Å². The molecule has 4 nitrogen and oxygen atoms in total. The van der Waals surface area contributed by atoms with Gasteiger partial charge in [-0.3, -0.25) is 4.79 Å². The first-order valence-corrected chi connectivity index (χ1v) is 27.9. The largest absolute Gasteiger partial charge is 0.394 e. The zero-order chi connectivity index (χ0) is 44.9. The monoisotopic (exact) mass is 868 g/mol. The second-order valence-corrected chi connectivity index (χ2v) is 19.0. The van der Waals surface area contributed by atoms with Gasteiger partial charge < -0.3 is 15.5 Å². The fraction of sp³-hybridized carbons (Fsp3) is 0.845. The molecule has 0 bridgehead atoms. The van der Waals surface area contributed by atoms with E-state index in [0.29, 0.717) is 6.42 Å². The number of hydrogen-bond donors (Lipinski definition) is 3. The third-order valence-corrected chi connectivity index (χ3v) is 12.8. The quantitative estimate of drug-likeness (QED) is 0.0421. The molecular weight excluding hydrogens is 759 g/mol. The Hall–Kier alpha value is -1.65. The second kappa shape index (κ2) is 53.7. The van der Waals surface area contributed by atoms with Crippen molar-refractivity contribution >= 4 is 5.91 Å². The standard InChI is InChI=1S/C58H109NO3/c1-3-5-7-9-11-13-15-17-19-21-23-25-26-27-28-29-30-31-32-33-34-36-38-40-42-44-46-48-50-52-54-58(62)59-56(55-60)57(61)53-51-49-47-45-43-41-39-37-35-24-22-20-18-16-14-12-10-8-6-4-2/h27-28,35,37,43,45,51,53,56-57,60-61H,3-26,29-34,36,38-42,44,46-50,52,54-55H2,1-2H3,(H,59,62)/b28-27-,37-35+,45-43+,53-51+. The van der Waals surface area contributed by atoms with Crippen LogP contribution in [-0.4, -0.2) is 34.9 Å². The maximum atomic E-state index is 12.5. The minimum atomic E-state index is -0.871. The molecule has 2 unspecified atom stereocenters. The molecule has 0 heterocycles. The molecule has 0 spiro atoms. The van der Waals surface area contributed by atoms with Crippen LogP contribution < -0.4 is 5.32 Å². The Labute approximate surface area is 388 Å². The van der Waals surface area contributed by atoms with Crippen molar-refractivity contribution < 1.29 is 15.0 Å². The predicted molar refractivity (Wildman–Crippen MR) is 276 cm³/mol. The first-order valence-electron chi connectivity index (χ1n) is 27.9. The van der Waals surface area contributed by atoms with Crippen LogP contribution in [0.1, 0.15) is 296 Å². The van der Waals surface area contributed by atoms with Crippen LogP contribution in [0.5, 0.6) is 0 Å². The van der Waals surface area contributed by atoms with Crippen LogP contribution >= 0.6 is 0 Å². The summed E-state index contributed by atoms with van der Waals surface area (Å²) in [6.45, 7) is 4.32. The number of carbonyl (C=O) groups excluding carboxylic acids is 1. The molecule has 4 heteroatoms. The molecule has 0 aliphatic carbocycles. The zero-order valence-corrected chi connectivity index (χ0v) is 41.9. The first-order chi connectivity index (χ1) is 30.7. The normalized spacial score (nSPS) is 13.2. The van der Waals surface area contributed by atoms with Gasteiger partial charge in [-0.15, -0.1) is 0 Å². The van der Waals surface area contributed by atoms with E-state index in [9.17, 15) is 15.0 Å². The van der Waals surface area contributed by atoms with Crippen LogP contribution in [0.25, 0.3) is 0 Å². The number of amides is 1. The second-order valence-electron chi connectivity index (χ2n) is 19.0. The third-order valence-electron chi connectivity index (χ3n) is 12.8. The lowest BCUT2D eigenvalue weighted by molar-refractivity contribution is -0.123. The van der Waals surface area contributed by atoms with E-state index < -0.39 is 12.1 Å². The van der Waals surface area contributed by atoms with E-state index in [1.807, 2.05) is 6.08 Å². The Kier molecular flexibility index (Phi) is 52.3. The molecule has 364 valence electrons. The molecular formula is C58H109NO3. The number of aliphatic hydroxyl groups is 2. The number of allylic oxidation sites excluding steroid dienone is 7. The van der Waals surface area contributed by atoms with Crippen LogP contribution in [0.2, 0.25) is 0 Å². The summed E-state index contributed by atoms with van der Waals surface area (Å²) in [5, 5.41) is 23.1. The van der Waals surface area contributed by atoms with Gasteiger partial charge in [0, 0.05) is 6.42 Å². The van der Waals surface area contributed by atoms with Gasteiger partial charge >= 0.3 is 0 Å². The molecule has 0 aromatic carbocycles. The van der Waals surface area contributed by atoms with Gasteiger partial charge in [-0.2, -0.15) is 0 Å². The molecule has 3 N–H and O–H groups in total. The molecule has 0 aromatic rings. The van der Waals surface area contributed by atoms with Crippen LogP contribution in [0.3, 0.4) is 0 Å². The summed E-state index contributed by atoms with van der Waals surface area (Å²) in [7, 11) is 0. The summed E-state index contributed by atoms with van der Waals surface area (Å²) in [5.41, 5.74) is 0. The van der Waals surface area contributed by atoms with Crippen molar-refractivity contribution in [1.29, 1.82) is 0 Å². The number of rotatable bonds is 51. The highest BCUT2D eigenvalue weighted by Gasteiger charge is 2.18. The number of carbonyl (C=O) groups is 1. The molecule has 0 aliphatic heterocycles. The molecule has 0 saturated heterocycles. The third kappa shape index (κ3) is 49.4. The highest BCUT2D eigenvalue weighted by Crippen LogP contribution is 2.16. The molecule has 0 aromatic heterocycles. The van der Waals surface area contributed by atoms with Gasteiger partial charge in [0.05, 0.1) is 18.8 Å². The van der Waals surface area contributed by atoms with Crippen molar-refractivity contribution in [2.45, 2.75) is 309 Å². The van der Waals surface area contributed by atoms with Crippen molar-refractivity contribution in [3.8, 4) is 0 Å². The van der Waals surface area contributed by atoms with Crippen LogP contribution in [0.15, 0.2) is 48.6 Å². The van der Waals surface area contributed by atoms with E-state index in [1.165, 1.54) is 238 Å². The van der Waals surface area contributed by atoms with Gasteiger partial charge in [0.15, 0.2) is 0 Å². The van der Waals surface area contributed by atoms with Crippen molar-refractivity contribution in [2.75, 3.05) is 6.61 Å². The molecule has 0 radical (unpaired) electrons. The molecule has 0 aliphatic rings. The summed E-state index contributed by atoms with van der Waals surface area (Å²) in [6, 6.07) is -0.646. The SMILES string of the molecule is CCCCCCCCCCCC/C=C/CC/C=C/CC/C=C/C(O)C(CO)NC(=O)CCCCCCCCCCCCCCCC/C=C\CCCCCCCCCCCCCC. The molecule has 62 heavy (non-hydrogen) atoms. The lowest BCUT2D eigenvalue weighted by atomic mass is 10.0. The van der Waals surface area contributed by atoms with Crippen molar-refractivity contribution in [3.05, 3.63) is 48.6 Å². The van der Waals surface area contributed by atoms with E-state index in [0.717, 1.165) is 38.5 Å². The summed E-state index contributed by atoms with van der Waals surface area (Å²) >= 11 is 0. The number of aliphatic hydroxyl groups excluding tert-OH is 2. The zero-order valence-electron chi connectivity index (χ0n) is 41.9. The first kappa shape index (κ1) is 60.4. The van der Waals surface area contributed by atoms with Gasteiger partial charge in [0.2, 0.25) is 5.91 Å². The summed E-state index contributed by atoms with van der Waals surface area (Å²) < 4.78 is 0. The summed E-state index contributed by atoms with van der Waals surface area (Å²) in [5.74, 6) is -0.0750. The lowest BCUT2D eigenvalue weighted by Crippen LogP contribution is -2.45. The Morgan fingerprint density at radius 3 is 0.935 bits per heavy atom. The van der Waals surface area contributed by atoms with Gasteiger partial charge in [-0.05, 0) is 70.6 Å². The van der Waals surface area contributed by atoms with Crippen LogP contribution in [-0.2, 0) is 4.79 Å². The highest BCUT2D eigenvalue weighted by atomic mass is 16.3. The average Bonchev–Trinajstić information content (AvgIpc) is 3.28. The Bertz CT molecular complexity index is 985. The smallest absolute Gasteiger partial charge is 0.220 e. The van der Waals surface area contributed by atoms with Gasteiger partial charge in [0.1, 0.15) is 0 Å². The van der Waals surface area contributed by atoms with E-state index in [2.05, 4.69) is 55.6 Å². The number of hydrogen-bond acceptors (Lipinski definition) is 3. The van der Waals surface area contributed by atoms with E-state index in [-0.39, 0.29) is 12.5 Å². The number of nitrogens with one attached hydrogen (secondary N) is 1. The minimum absolute atomic E-state index is 0.0750. The Morgan fingerprint density at radius 2 is 0.629 bits per heavy atom.